The number of carbonyl (C=O) groups excluding carboxylic acids is 1. The molecule has 0 aliphatic carbocycles. The van der Waals surface area contributed by atoms with E-state index in [1.807, 2.05) is 0 Å². The van der Waals surface area contributed by atoms with Gasteiger partial charge < -0.3 is 15.8 Å². The fourth-order valence-electron chi connectivity index (χ4n) is 1.33. The van der Waals surface area contributed by atoms with Crippen molar-refractivity contribution < 1.29 is 9.53 Å². The molecule has 5 nitrogen and oxygen atoms in total. The lowest BCUT2D eigenvalue weighted by molar-refractivity contribution is 0.102. The number of ether oxygens (including phenoxy) is 1. The minimum absolute atomic E-state index is 0.254. The minimum Gasteiger partial charge on any atom is -0.495 e. The van der Waals surface area contributed by atoms with Crippen LogP contribution in [-0.2, 0) is 0 Å². The second-order valence-electron chi connectivity index (χ2n) is 3.28. The molecule has 1 aromatic heterocycles. The van der Waals surface area contributed by atoms with Crippen LogP contribution in [0.1, 0.15) is 10.5 Å². The number of rotatable bonds is 3. The Morgan fingerprint density at radius 2 is 2.35 bits per heavy atom. The van der Waals surface area contributed by atoms with E-state index in [0.29, 0.717) is 22.8 Å². The monoisotopic (exact) mass is 249 g/mol. The highest BCUT2D eigenvalue weighted by molar-refractivity contribution is 7.07. The van der Waals surface area contributed by atoms with Gasteiger partial charge in [0, 0.05) is 11.1 Å². The van der Waals surface area contributed by atoms with Crippen LogP contribution in [0.5, 0.6) is 5.75 Å². The first-order valence-corrected chi connectivity index (χ1v) is 5.78. The van der Waals surface area contributed by atoms with Crippen molar-refractivity contribution in [1.29, 1.82) is 0 Å². The summed E-state index contributed by atoms with van der Waals surface area (Å²) in [5.74, 6) is 0.326. The highest BCUT2D eigenvalue weighted by atomic mass is 32.1. The number of hydrogen-bond acceptors (Lipinski definition) is 5. The molecule has 0 aliphatic rings. The van der Waals surface area contributed by atoms with E-state index in [1.54, 1.807) is 36.2 Å². The molecule has 88 valence electrons. The van der Waals surface area contributed by atoms with E-state index in [9.17, 15) is 4.79 Å². The number of thiazole rings is 1. The number of carbonyl (C=O) groups is 1. The Bertz CT molecular complexity index is 526. The van der Waals surface area contributed by atoms with Gasteiger partial charge in [0.05, 0.1) is 18.3 Å². The van der Waals surface area contributed by atoms with Crippen molar-refractivity contribution in [2.24, 2.45) is 0 Å². The van der Waals surface area contributed by atoms with Crippen molar-refractivity contribution in [3.05, 3.63) is 34.8 Å². The maximum absolute atomic E-state index is 11.7. The van der Waals surface area contributed by atoms with E-state index in [2.05, 4.69) is 10.3 Å². The summed E-state index contributed by atoms with van der Waals surface area (Å²) in [4.78, 5) is 15.6. The largest absolute Gasteiger partial charge is 0.495 e. The SMILES string of the molecule is COc1ccc(NC(=O)c2cscn2)cc1N. The molecule has 0 saturated heterocycles. The number of nitrogens with two attached hydrogens (primary N) is 1. The highest BCUT2D eigenvalue weighted by Crippen LogP contribution is 2.24. The van der Waals surface area contributed by atoms with Crippen molar-refractivity contribution in [3.8, 4) is 5.75 Å². The molecule has 0 saturated carbocycles. The average molecular weight is 249 g/mol. The van der Waals surface area contributed by atoms with Gasteiger partial charge in [-0.3, -0.25) is 4.79 Å². The second kappa shape index (κ2) is 4.84. The first-order chi connectivity index (χ1) is 8.20. The molecule has 17 heavy (non-hydrogen) atoms. The van der Waals surface area contributed by atoms with Crippen LogP contribution in [-0.4, -0.2) is 18.0 Å². The molecule has 1 aromatic carbocycles. The summed E-state index contributed by atoms with van der Waals surface area (Å²) in [7, 11) is 1.54. The number of benzene rings is 1. The standard InChI is InChI=1S/C11H11N3O2S/c1-16-10-3-2-7(4-8(10)12)14-11(15)9-5-17-6-13-9/h2-6H,12H2,1H3,(H,14,15). The molecule has 0 radical (unpaired) electrons. The third-order valence-corrected chi connectivity index (χ3v) is 2.74. The normalized spacial score (nSPS) is 9.94. The quantitative estimate of drug-likeness (QED) is 0.815. The summed E-state index contributed by atoms with van der Waals surface area (Å²) in [6, 6.07) is 5.06. The first kappa shape index (κ1) is 11.4. The van der Waals surface area contributed by atoms with Gasteiger partial charge in [0.25, 0.3) is 5.91 Å². The van der Waals surface area contributed by atoms with Crippen molar-refractivity contribution in [3.63, 3.8) is 0 Å². The van der Waals surface area contributed by atoms with Crippen molar-refractivity contribution >= 4 is 28.6 Å². The van der Waals surface area contributed by atoms with Crippen LogP contribution in [0.25, 0.3) is 0 Å². The summed E-state index contributed by atoms with van der Waals surface area (Å²) in [5, 5.41) is 4.39. The maximum Gasteiger partial charge on any atom is 0.275 e. The van der Waals surface area contributed by atoms with Crippen LogP contribution in [0.3, 0.4) is 0 Å². The molecule has 0 atom stereocenters. The Morgan fingerprint density at radius 3 is 2.94 bits per heavy atom. The smallest absolute Gasteiger partial charge is 0.275 e. The van der Waals surface area contributed by atoms with Crippen molar-refractivity contribution in [1.82, 2.24) is 4.98 Å². The van der Waals surface area contributed by atoms with Gasteiger partial charge in [0.2, 0.25) is 0 Å². The van der Waals surface area contributed by atoms with E-state index >= 15 is 0 Å². The molecule has 0 spiro atoms. The summed E-state index contributed by atoms with van der Waals surface area (Å²) in [6.07, 6.45) is 0. The number of amides is 1. The van der Waals surface area contributed by atoms with Gasteiger partial charge >= 0.3 is 0 Å². The predicted molar refractivity (Wildman–Crippen MR) is 67.5 cm³/mol. The van der Waals surface area contributed by atoms with Gasteiger partial charge in [-0.05, 0) is 18.2 Å². The highest BCUT2D eigenvalue weighted by Gasteiger charge is 2.08. The Labute approximate surface area is 102 Å². The van der Waals surface area contributed by atoms with Crippen molar-refractivity contribution in [2.75, 3.05) is 18.2 Å². The predicted octanol–water partition coefficient (Wildman–Crippen LogP) is 1.99. The molecule has 1 heterocycles. The lowest BCUT2D eigenvalue weighted by Gasteiger charge is -2.07. The molecule has 2 rings (SSSR count). The van der Waals surface area contributed by atoms with Crippen LogP contribution in [0.15, 0.2) is 29.1 Å². The van der Waals surface area contributed by atoms with Crippen LogP contribution >= 0.6 is 11.3 Å². The topological polar surface area (TPSA) is 77.2 Å². The molecular weight excluding hydrogens is 238 g/mol. The zero-order chi connectivity index (χ0) is 12.3. The molecule has 0 aliphatic heterocycles. The minimum atomic E-state index is -0.254. The van der Waals surface area contributed by atoms with Crippen LogP contribution < -0.4 is 15.8 Å². The van der Waals surface area contributed by atoms with Crippen molar-refractivity contribution in [2.45, 2.75) is 0 Å². The lowest BCUT2D eigenvalue weighted by Crippen LogP contribution is -2.12. The number of methoxy groups -OCH3 is 1. The lowest BCUT2D eigenvalue weighted by atomic mass is 10.2. The molecule has 0 unspecified atom stereocenters. The first-order valence-electron chi connectivity index (χ1n) is 4.84. The summed E-state index contributed by atoms with van der Waals surface area (Å²) in [6.45, 7) is 0. The molecule has 1 amide bonds. The van der Waals surface area contributed by atoms with Gasteiger partial charge in [-0.25, -0.2) is 4.98 Å². The maximum atomic E-state index is 11.7. The van der Waals surface area contributed by atoms with Crippen LogP contribution in [0, 0.1) is 0 Å². The van der Waals surface area contributed by atoms with E-state index in [4.69, 9.17) is 10.5 Å². The fourth-order valence-corrected chi connectivity index (χ4v) is 1.86. The van der Waals surface area contributed by atoms with E-state index in [0.717, 1.165) is 0 Å². The van der Waals surface area contributed by atoms with E-state index in [1.165, 1.54) is 11.3 Å². The van der Waals surface area contributed by atoms with Crippen LogP contribution in [0.2, 0.25) is 0 Å². The fraction of sp³-hybridized carbons (Fsp3) is 0.0909. The molecular formula is C11H11N3O2S. The summed E-state index contributed by atoms with van der Waals surface area (Å²) < 4.78 is 5.03. The number of nitrogens with zero attached hydrogens (tertiary/aromatic N) is 1. The van der Waals surface area contributed by atoms with E-state index in [-0.39, 0.29) is 5.91 Å². The zero-order valence-corrected chi connectivity index (χ0v) is 9.95. The number of anilines is 2. The molecule has 0 bridgehead atoms. The van der Waals surface area contributed by atoms with Gasteiger partial charge in [-0.15, -0.1) is 11.3 Å². The van der Waals surface area contributed by atoms with Crippen LogP contribution in [0.4, 0.5) is 11.4 Å². The molecule has 0 fully saturated rings. The summed E-state index contributed by atoms with van der Waals surface area (Å²) in [5.41, 5.74) is 8.83. The molecule has 2 aromatic rings. The zero-order valence-electron chi connectivity index (χ0n) is 9.14. The molecule has 3 N–H and O–H groups in total. The van der Waals surface area contributed by atoms with Gasteiger partial charge in [-0.1, -0.05) is 0 Å². The number of nitrogens with one attached hydrogen (secondary N) is 1. The van der Waals surface area contributed by atoms with Gasteiger partial charge in [-0.2, -0.15) is 0 Å². The third-order valence-electron chi connectivity index (χ3n) is 2.15. The van der Waals surface area contributed by atoms with E-state index < -0.39 is 0 Å². The third kappa shape index (κ3) is 2.54. The Kier molecular flexibility index (Phi) is 3.24. The number of aromatic nitrogens is 1. The Hall–Kier alpha value is -2.08. The number of nitrogen functional groups attached to an aromatic ring is 1. The Balaban J connectivity index is 2.14. The second-order valence-corrected chi connectivity index (χ2v) is 4.00. The number of hydrogen-bond donors (Lipinski definition) is 2. The van der Waals surface area contributed by atoms with Gasteiger partial charge in [0.15, 0.2) is 0 Å². The van der Waals surface area contributed by atoms with Gasteiger partial charge in [0.1, 0.15) is 11.4 Å². The molecule has 6 heteroatoms. The summed E-state index contributed by atoms with van der Waals surface area (Å²) >= 11 is 1.37. The average Bonchev–Trinajstić information content (AvgIpc) is 2.82. The Morgan fingerprint density at radius 1 is 1.53 bits per heavy atom.